The molecule has 26 heavy (non-hydrogen) atoms. The fourth-order valence-corrected chi connectivity index (χ4v) is 3.08. The van der Waals surface area contributed by atoms with Gasteiger partial charge in [-0.15, -0.1) is 0 Å². The Morgan fingerprint density at radius 1 is 1.23 bits per heavy atom. The van der Waals surface area contributed by atoms with Gasteiger partial charge in [-0.25, -0.2) is 4.79 Å². The number of para-hydroxylation sites is 1. The molecule has 0 unspecified atom stereocenters. The summed E-state index contributed by atoms with van der Waals surface area (Å²) in [6, 6.07) is 11.8. The molecule has 0 radical (unpaired) electrons. The van der Waals surface area contributed by atoms with Crippen molar-refractivity contribution in [2.45, 2.75) is 25.3 Å². The third-order valence-corrected chi connectivity index (χ3v) is 4.53. The lowest BCUT2D eigenvalue weighted by Gasteiger charge is -2.28. The zero-order chi connectivity index (χ0) is 18.7. The van der Waals surface area contributed by atoms with Crippen molar-refractivity contribution in [3.8, 4) is 5.75 Å². The highest BCUT2D eigenvalue weighted by molar-refractivity contribution is 6.47. The van der Waals surface area contributed by atoms with E-state index in [2.05, 4.69) is 0 Å². The largest absolute Gasteiger partial charge is 0.535 e. The van der Waals surface area contributed by atoms with Crippen molar-refractivity contribution in [1.29, 1.82) is 0 Å². The highest BCUT2D eigenvalue weighted by atomic mass is 16.5. The first-order valence-corrected chi connectivity index (χ1v) is 8.31. The highest BCUT2D eigenvalue weighted by Gasteiger charge is 2.38. The van der Waals surface area contributed by atoms with E-state index in [1.807, 2.05) is 0 Å². The molecule has 2 aromatic carbocycles. The molecule has 0 saturated heterocycles. The van der Waals surface area contributed by atoms with Crippen LogP contribution in [-0.4, -0.2) is 36.1 Å². The molecule has 0 amide bonds. The van der Waals surface area contributed by atoms with E-state index < -0.39 is 18.9 Å². The summed E-state index contributed by atoms with van der Waals surface area (Å²) in [5.41, 5.74) is 2.26. The second-order valence-corrected chi connectivity index (χ2v) is 6.24. The molecule has 0 aromatic heterocycles. The number of Topliss-reactive ketones (excluding diaryl/α,β-unsaturated/α-hetero) is 1. The minimum Gasteiger partial charge on any atom is -0.535 e. The van der Waals surface area contributed by atoms with Crippen molar-refractivity contribution in [2.24, 2.45) is 0 Å². The Bertz CT molecular complexity index is 817. The van der Waals surface area contributed by atoms with Crippen LogP contribution in [0, 0.1) is 0 Å². The molecule has 0 spiro atoms. The minimum atomic E-state index is -1.19. The standard InChI is InChI=1S/C19H19BO6/c1-25-19(23)16-4-2-3-14-9-15(20(24)26-18(14)16)10-17(22)13-7-5-12(11-21)6-8-13/h2-8,15,21,24H,9-11H2,1H3/t15-/m1/s1. The maximum atomic E-state index is 12.5. The maximum absolute atomic E-state index is 12.5. The average molecular weight is 354 g/mol. The lowest BCUT2D eigenvalue weighted by atomic mass is 9.64. The molecule has 0 saturated carbocycles. The number of rotatable bonds is 5. The zero-order valence-electron chi connectivity index (χ0n) is 14.3. The predicted molar refractivity (Wildman–Crippen MR) is 95.1 cm³/mol. The Hall–Kier alpha value is -2.64. The van der Waals surface area contributed by atoms with Gasteiger partial charge in [0.05, 0.1) is 13.7 Å². The summed E-state index contributed by atoms with van der Waals surface area (Å²) >= 11 is 0. The van der Waals surface area contributed by atoms with Crippen LogP contribution in [0.5, 0.6) is 5.75 Å². The molecule has 0 aliphatic carbocycles. The van der Waals surface area contributed by atoms with Crippen molar-refractivity contribution in [3.63, 3.8) is 0 Å². The first-order chi connectivity index (χ1) is 12.5. The van der Waals surface area contributed by atoms with Crippen LogP contribution in [0.4, 0.5) is 0 Å². The molecule has 1 heterocycles. The third kappa shape index (κ3) is 3.64. The summed E-state index contributed by atoms with van der Waals surface area (Å²) in [6.07, 6.45) is 0.531. The fourth-order valence-electron chi connectivity index (χ4n) is 3.08. The van der Waals surface area contributed by atoms with Crippen LogP contribution in [0.3, 0.4) is 0 Å². The van der Waals surface area contributed by atoms with Gasteiger partial charge in [0.1, 0.15) is 11.3 Å². The molecule has 2 aromatic rings. The van der Waals surface area contributed by atoms with E-state index in [4.69, 9.17) is 14.5 Å². The van der Waals surface area contributed by atoms with Gasteiger partial charge in [0, 0.05) is 17.8 Å². The number of fused-ring (bicyclic) bond motifs is 1. The van der Waals surface area contributed by atoms with E-state index in [9.17, 15) is 14.6 Å². The number of methoxy groups -OCH3 is 1. The van der Waals surface area contributed by atoms with Crippen LogP contribution in [0.15, 0.2) is 42.5 Å². The lowest BCUT2D eigenvalue weighted by Crippen LogP contribution is -2.35. The number of ketones is 1. The van der Waals surface area contributed by atoms with Crippen LogP contribution >= 0.6 is 0 Å². The van der Waals surface area contributed by atoms with Gasteiger partial charge in [-0.3, -0.25) is 4.79 Å². The van der Waals surface area contributed by atoms with Crippen LogP contribution in [0.25, 0.3) is 0 Å². The topological polar surface area (TPSA) is 93.1 Å². The molecule has 1 aliphatic rings. The Labute approximate surface area is 151 Å². The number of aliphatic hydroxyl groups is 1. The van der Waals surface area contributed by atoms with Crippen molar-refractivity contribution in [3.05, 3.63) is 64.7 Å². The number of carbonyl (C=O) groups excluding carboxylic acids is 2. The van der Waals surface area contributed by atoms with Gasteiger partial charge in [-0.1, -0.05) is 36.4 Å². The number of hydrogen-bond acceptors (Lipinski definition) is 6. The second-order valence-electron chi connectivity index (χ2n) is 6.24. The van der Waals surface area contributed by atoms with Gasteiger partial charge in [0.15, 0.2) is 5.78 Å². The molecular formula is C19H19BO6. The highest BCUT2D eigenvalue weighted by Crippen LogP contribution is 2.36. The van der Waals surface area contributed by atoms with Crippen LogP contribution in [0.1, 0.15) is 38.3 Å². The Morgan fingerprint density at radius 3 is 2.62 bits per heavy atom. The molecule has 1 atom stereocenters. The molecule has 1 aliphatic heterocycles. The number of esters is 1. The molecule has 3 rings (SSSR count). The minimum absolute atomic E-state index is 0.0804. The van der Waals surface area contributed by atoms with E-state index in [1.165, 1.54) is 7.11 Å². The van der Waals surface area contributed by atoms with Crippen LogP contribution in [0.2, 0.25) is 5.82 Å². The number of benzene rings is 2. The number of aliphatic hydroxyl groups excluding tert-OH is 1. The maximum Gasteiger partial charge on any atom is 0.526 e. The SMILES string of the molecule is COC(=O)c1cccc2c1OB(O)[C@@H](CC(=O)c1ccc(CO)cc1)C2. The van der Waals surface area contributed by atoms with Crippen molar-refractivity contribution < 1.29 is 29.1 Å². The molecule has 134 valence electrons. The molecule has 0 fully saturated rings. The number of hydrogen-bond donors (Lipinski definition) is 2. The van der Waals surface area contributed by atoms with E-state index in [-0.39, 0.29) is 24.4 Å². The number of ether oxygens (including phenoxy) is 1. The molecule has 0 bridgehead atoms. The Balaban J connectivity index is 1.77. The van der Waals surface area contributed by atoms with E-state index in [0.717, 1.165) is 11.1 Å². The van der Waals surface area contributed by atoms with Gasteiger partial charge in [-0.2, -0.15) is 0 Å². The summed E-state index contributed by atoms with van der Waals surface area (Å²) in [4.78, 5) is 24.3. The molecule has 6 nitrogen and oxygen atoms in total. The average Bonchev–Trinajstić information content (AvgIpc) is 2.67. The van der Waals surface area contributed by atoms with Crippen molar-refractivity contribution in [1.82, 2.24) is 0 Å². The molecular weight excluding hydrogens is 335 g/mol. The normalized spacial score (nSPS) is 15.8. The van der Waals surface area contributed by atoms with Gasteiger partial charge in [-0.05, 0) is 23.6 Å². The first-order valence-electron chi connectivity index (χ1n) is 8.31. The quantitative estimate of drug-likeness (QED) is 0.485. The zero-order valence-corrected chi connectivity index (χ0v) is 14.3. The van der Waals surface area contributed by atoms with Gasteiger partial charge < -0.3 is 19.5 Å². The summed E-state index contributed by atoms with van der Waals surface area (Å²) in [6.45, 7) is -0.0804. The van der Waals surface area contributed by atoms with Crippen LogP contribution in [-0.2, 0) is 17.8 Å². The second kappa shape index (κ2) is 7.72. The smallest absolute Gasteiger partial charge is 0.526 e. The van der Waals surface area contributed by atoms with Gasteiger partial charge in [0.2, 0.25) is 0 Å². The lowest BCUT2D eigenvalue weighted by molar-refractivity contribution is 0.0597. The third-order valence-electron chi connectivity index (χ3n) is 4.53. The summed E-state index contributed by atoms with van der Waals surface area (Å²) < 4.78 is 10.3. The summed E-state index contributed by atoms with van der Waals surface area (Å²) in [7, 11) is 0.0961. The molecule has 7 heteroatoms. The number of carbonyl (C=O) groups is 2. The fraction of sp³-hybridized carbons (Fsp3) is 0.263. The Kier molecular flexibility index (Phi) is 5.39. The van der Waals surface area contributed by atoms with Gasteiger partial charge >= 0.3 is 13.1 Å². The Morgan fingerprint density at radius 2 is 1.96 bits per heavy atom. The van der Waals surface area contributed by atoms with Crippen molar-refractivity contribution >= 4 is 18.9 Å². The van der Waals surface area contributed by atoms with E-state index >= 15 is 0 Å². The van der Waals surface area contributed by atoms with Gasteiger partial charge in [0.25, 0.3) is 0 Å². The summed E-state index contributed by atoms with van der Waals surface area (Å²) in [5.74, 6) is -0.759. The first kappa shape index (κ1) is 18.2. The van der Waals surface area contributed by atoms with Crippen LogP contribution < -0.4 is 4.65 Å². The predicted octanol–water partition coefficient (Wildman–Crippen LogP) is 2.02. The molecule has 2 N–H and O–H groups in total. The monoisotopic (exact) mass is 354 g/mol. The van der Waals surface area contributed by atoms with E-state index in [0.29, 0.717) is 17.7 Å². The summed E-state index contributed by atoms with van der Waals surface area (Å²) in [5, 5.41) is 19.4. The van der Waals surface area contributed by atoms with E-state index in [1.54, 1.807) is 42.5 Å². The van der Waals surface area contributed by atoms with Crippen molar-refractivity contribution in [2.75, 3.05) is 7.11 Å².